The summed E-state index contributed by atoms with van der Waals surface area (Å²) in [5.41, 5.74) is -0.355. The molecule has 2 saturated carbocycles. The van der Waals surface area contributed by atoms with Gasteiger partial charge in [-0.25, -0.2) is 9.18 Å². The summed E-state index contributed by atoms with van der Waals surface area (Å²) >= 11 is 12.6. The number of amides is 3. The molecule has 1 saturated heterocycles. The van der Waals surface area contributed by atoms with Gasteiger partial charge in [0.25, 0.3) is 0 Å². The van der Waals surface area contributed by atoms with Gasteiger partial charge in [-0.1, -0.05) is 43.0 Å². The van der Waals surface area contributed by atoms with Gasteiger partial charge in [0.2, 0.25) is 5.91 Å². The van der Waals surface area contributed by atoms with Gasteiger partial charge in [-0.05, 0) is 49.7 Å². The first-order chi connectivity index (χ1) is 14.1. The normalized spacial score (nSPS) is 28.8. The van der Waals surface area contributed by atoms with Crippen molar-refractivity contribution in [1.82, 2.24) is 15.5 Å². The van der Waals surface area contributed by atoms with Gasteiger partial charge in [-0.15, -0.1) is 0 Å². The van der Waals surface area contributed by atoms with Crippen LogP contribution in [0.5, 0.6) is 0 Å². The van der Waals surface area contributed by atoms with Crippen molar-refractivity contribution >= 4 is 35.1 Å². The molecule has 3 fully saturated rings. The Hall–Kier alpha value is -1.53. The average Bonchev–Trinajstić information content (AvgIpc) is 3.38. The van der Waals surface area contributed by atoms with Crippen LogP contribution < -0.4 is 10.6 Å². The van der Waals surface area contributed by atoms with E-state index in [0.717, 1.165) is 32.1 Å². The molecule has 3 atom stereocenters. The highest BCUT2D eigenvalue weighted by molar-refractivity contribution is 6.42. The van der Waals surface area contributed by atoms with Gasteiger partial charge in [0.05, 0.1) is 21.6 Å². The predicted octanol–water partition coefficient (Wildman–Crippen LogP) is 5.06. The van der Waals surface area contributed by atoms with Crippen molar-refractivity contribution in [3.8, 4) is 0 Å². The molecule has 1 aromatic rings. The van der Waals surface area contributed by atoms with Gasteiger partial charge in [0.1, 0.15) is 5.82 Å². The minimum absolute atomic E-state index is 0.0971. The maximum absolute atomic E-state index is 14.9. The zero-order chi connectivity index (χ0) is 21.7. The first kappa shape index (κ1) is 21.7. The molecule has 0 radical (unpaired) electrons. The summed E-state index contributed by atoms with van der Waals surface area (Å²) in [4.78, 5) is 26.9. The number of carbonyl (C=O) groups excluding carboxylic acids is 2. The van der Waals surface area contributed by atoms with E-state index in [2.05, 4.69) is 17.6 Å². The van der Waals surface area contributed by atoms with E-state index >= 15 is 0 Å². The number of likely N-dealkylation sites (N-methyl/N-ethyl adjacent to an activating group) is 1. The number of nitrogens with one attached hydrogen (secondary N) is 2. The standard InChI is InChI=1S/C22H28Cl2FN3O2/c1-21(8-3-4-9-21)18(16-15(25)6-5-14(23)17(16)24)26-19(29)13-7-10-22(11-13)12-28(2)20(30)27-22/h5-6,13,18H,3-4,7-12H2,1-2H3,(H,26,29)(H,27,30)/t13-,18-,22-/m1/s1. The Morgan fingerprint density at radius 3 is 2.63 bits per heavy atom. The molecule has 1 heterocycles. The average molecular weight is 456 g/mol. The number of rotatable bonds is 4. The van der Waals surface area contributed by atoms with Crippen LogP contribution in [-0.2, 0) is 4.79 Å². The minimum atomic E-state index is -0.545. The molecular formula is C22H28Cl2FN3O2. The Bertz CT molecular complexity index is 874. The molecule has 1 aliphatic heterocycles. The van der Waals surface area contributed by atoms with Crippen LogP contribution in [0.4, 0.5) is 9.18 Å². The van der Waals surface area contributed by atoms with Crippen LogP contribution in [-0.4, -0.2) is 36.0 Å². The van der Waals surface area contributed by atoms with Gasteiger partial charge in [-0.3, -0.25) is 4.79 Å². The number of urea groups is 1. The minimum Gasteiger partial charge on any atom is -0.348 e. The van der Waals surface area contributed by atoms with Crippen molar-refractivity contribution in [1.29, 1.82) is 0 Å². The SMILES string of the molecule is CN1C[C@]2(CC[C@@H](C(=O)N[C@H](c3c(F)ccc(Cl)c3Cl)C3(C)CCCC3)C2)NC1=O. The number of halogens is 3. The smallest absolute Gasteiger partial charge is 0.317 e. The van der Waals surface area contributed by atoms with E-state index in [1.807, 2.05) is 0 Å². The summed E-state index contributed by atoms with van der Waals surface area (Å²) in [6.45, 7) is 2.69. The quantitative estimate of drug-likeness (QED) is 0.622. The molecule has 30 heavy (non-hydrogen) atoms. The summed E-state index contributed by atoms with van der Waals surface area (Å²) in [5.74, 6) is -0.787. The number of nitrogens with zero attached hydrogens (tertiary/aromatic N) is 1. The highest BCUT2D eigenvalue weighted by Crippen LogP contribution is 2.50. The predicted molar refractivity (Wildman–Crippen MR) is 115 cm³/mol. The van der Waals surface area contributed by atoms with Gasteiger partial charge in [-0.2, -0.15) is 0 Å². The van der Waals surface area contributed by atoms with Crippen molar-refractivity contribution in [2.24, 2.45) is 11.3 Å². The van der Waals surface area contributed by atoms with Crippen molar-refractivity contribution in [2.75, 3.05) is 13.6 Å². The third-order valence-corrected chi connectivity index (χ3v) is 8.15. The molecule has 0 unspecified atom stereocenters. The van der Waals surface area contributed by atoms with Crippen molar-refractivity contribution in [3.05, 3.63) is 33.6 Å². The second-order valence-electron chi connectivity index (χ2n) is 9.57. The molecule has 1 aromatic carbocycles. The molecule has 164 valence electrons. The molecule has 1 spiro atoms. The summed E-state index contributed by atoms with van der Waals surface area (Å²) in [7, 11) is 1.76. The zero-order valence-electron chi connectivity index (χ0n) is 17.4. The van der Waals surface area contributed by atoms with Crippen LogP contribution in [0.15, 0.2) is 12.1 Å². The first-order valence-electron chi connectivity index (χ1n) is 10.6. The third-order valence-electron chi connectivity index (χ3n) is 7.34. The maximum atomic E-state index is 14.9. The number of benzene rings is 1. The van der Waals surface area contributed by atoms with Gasteiger partial charge in [0, 0.05) is 25.1 Å². The molecule has 4 rings (SSSR count). The zero-order valence-corrected chi connectivity index (χ0v) is 18.9. The van der Waals surface area contributed by atoms with Crippen LogP contribution in [0.2, 0.25) is 10.0 Å². The maximum Gasteiger partial charge on any atom is 0.317 e. The van der Waals surface area contributed by atoms with Crippen molar-refractivity contribution in [2.45, 2.75) is 63.5 Å². The van der Waals surface area contributed by atoms with E-state index in [1.54, 1.807) is 11.9 Å². The highest BCUT2D eigenvalue weighted by atomic mass is 35.5. The van der Waals surface area contributed by atoms with Crippen molar-refractivity contribution in [3.63, 3.8) is 0 Å². The van der Waals surface area contributed by atoms with Gasteiger partial charge in [0.15, 0.2) is 0 Å². The largest absolute Gasteiger partial charge is 0.348 e. The van der Waals surface area contributed by atoms with Crippen LogP contribution in [0.25, 0.3) is 0 Å². The van der Waals surface area contributed by atoms with Gasteiger partial charge >= 0.3 is 6.03 Å². The summed E-state index contributed by atoms with van der Waals surface area (Å²) in [6, 6.07) is 2.12. The molecule has 0 bridgehead atoms. The second kappa shape index (κ2) is 7.86. The molecule has 3 amide bonds. The Morgan fingerprint density at radius 2 is 2.00 bits per heavy atom. The number of hydrogen-bond acceptors (Lipinski definition) is 2. The lowest BCUT2D eigenvalue weighted by molar-refractivity contribution is -0.126. The van der Waals surface area contributed by atoms with Crippen LogP contribution in [0.1, 0.15) is 63.5 Å². The van der Waals surface area contributed by atoms with E-state index in [-0.39, 0.29) is 44.4 Å². The molecule has 5 nitrogen and oxygen atoms in total. The summed E-state index contributed by atoms with van der Waals surface area (Å²) in [6.07, 6.45) is 5.88. The summed E-state index contributed by atoms with van der Waals surface area (Å²) in [5, 5.41) is 6.64. The lowest BCUT2D eigenvalue weighted by Gasteiger charge is -2.36. The Morgan fingerprint density at radius 1 is 1.30 bits per heavy atom. The monoisotopic (exact) mass is 455 g/mol. The van der Waals surface area contributed by atoms with E-state index in [4.69, 9.17) is 23.2 Å². The Kier molecular flexibility index (Phi) is 5.69. The molecule has 2 N–H and O–H groups in total. The van der Waals surface area contributed by atoms with E-state index in [1.165, 1.54) is 12.1 Å². The second-order valence-corrected chi connectivity index (χ2v) is 10.4. The molecule has 3 aliphatic rings. The molecule has 0 aromatic heterocycles. The summed E-state index contributed by atoms with van der Waals surface area (Å²) < 4.78 is 14.9. The fourth-order valence-electron chi connectivity index (χ4n) is 5.63. The fourth-order valence-corrected chi connectivity index (χ4v) is 6.06. The van der Waals surface area contributed by atoms with Crippen LogP contribution >= 0.6 is 23.2 Å². The number of carbonyl (C=O) groups is 2. The fraction of sp³-hybridized carbons (Fsp3) is 0.636. The lowest BCUT2D eigenvalue weighted by Crippen LogP contribution is -2.44. The highest BCUT2D eigenvalue weighted by Gasteiger charge is 2.49. The van der Waals surface area contributed by atoms with Gasteiger partial charge < -0.3 is 15.5 Å². The molecular weight excluding hydrogens is 428 g/mol. The lowest BCUT2D eigenvalue weighted by atomic mass is 9.76. The topological polar surface area (TPSA) is 61.4 Å². The molecule has 8 heteroatoms. The van der Waals surface area contributed by atoms with E-state index < -0.39 is 11.9 Å². The molecule has 2 aliphatic carbocycles. The number of hydrogen-bond donors (Lipinski definition) is 2. The van der Waals surface area contributed by atoms with E-state index in [0.29, 0.717) is 19.4 Å². The third kappa shape index (κ3) is 3.77. The Labute approximate surface area is 186 Å². The van der Waals surface area contributed by atoms with Crippen LogP contribution in [0.3, 0.4) is 0 Å². The Balaban J connectivity index is 1.58. The van der Waals surface area contributed by atoms with Crippen LogP contribution in [0, 0.1) is 17.2 Å². The van der Waals surface area contributed by atoms with Crippen molar-refractivity contribution < 1.29 is 14.0 Å². The van der Waals surface area contributed by atoms with E-state index in [9.17, 15) is 14.0 Å². The first-order valence-corrected chi connectivity index (χ1v) is 11.4.